The molecule has 0 bridgehead atoms. The highest BCUT2D eigenvalue weighted by molar-refractivity contribution is 5.65. The molecule has 1 N–H and O–H groups in total. The molecule has 0 spiro atoms. The molecule has 5 heteroatoms. The summed E-state index contributed by atoms with van der Waals surface area (Å²) in [6, 6.07) is 4.46. The zero-order valence-corrected chi connectivity index (χ0v) is 14.6. The third-order valence-electron chi connectivity index (χ3n) is 3.83. The number of nitrogens with one attached hydrogen (secondary N) is 1. The highest BCUT2D eigenvalue weighted by Crippen LogP contribution is 2.22. The molecule has 24 heavy (non-hydrogen) atoms. The van der Waals surface area contributed by atoms with Crippen LogP contribution < -0.4 is 5.32 Å². The van der Waals surface area contributed by atoms with Gasteiger partial charge in [0.1, 0.15) is 5.82 Å². The molecule has 2 aromatic rings. The van der Waals surface area contributed by atoms with Gasteiger partial charge in [-0.1, -0.05) is 13.0 Å². The van der Waals surface area contributed by atoms with Crippen LogP contribution in [0.3, 0.4) is 0 Å². The van der Waals surface area contributed by atoms with E-state index in [-0.39, 0.29) is 0 Å². The average molecular weight is 323 g/mol. The summed E-state index contributed by atoms with van der Waals surface area (Å²) < 4.78 is 1.92. The van der Waals surface area contributed by atoms with E-state index >= 15 is 0 Å². The van der Waals surface area contributed by atoms with Crippen molar-refractivity contribution in [1.29, 1.82) is 0 Å². The molecular weight excluding hydrogens is 298 g/mol. The number of aromatic nitrogens is 3. The Morgan fingerprint density at radius 3 is 2.79 bits per heavy atom. The maximum Gasteiger partial charge on any atom is 0.126 e. The largest absolute Gasteiger partial charge is 0.372 e. The molecule has 0 fully saturated rings. The van der Waals surface area contributed by atoms with Crippen LogP contribution in [0.5, 0.6) is 0 Å². The third-order valence-corrected chi connectivity index (χ3v) is 3.83. The first-order valence-electron chi connectivity index (χ1n) is 8.56. The first-order valence-corrected chi connectivity index (χ1v) is 8.56. The van der Waals surface area contributed by atoms with E-state index in [2.05, 4.69) is 71.7 Å². The number of hydrogen-bond donors (Lipinski definition) is 1. The lowest BCUT2D eigenvalue weighted by Crippen LogP contribution is -2.21. The number of hydrogen-bond acceptors (Lipinski definition) is 4. The highest BCUT2D eigenvalue weighted by atomic mass is 15.3. The van der Waals surface area contributed by atoms with Crippen LogP contribution in [-0.2, 0) is 0 Å². The second-order valence-corrected chi connectivity index (χ2v) is 6.36. The molecule has 0 saturated heterocycles. The Bertz CT molecular complexity index is 724. The maximum absolute atomic E-state index is 4.51. The summed E-state index contributed by atoms with van der Waals surface area (Å²) in [5, 5.41) is 7.81. The van der Waals surface area contributed by atoms with E-state index < -0.39 is 0 Å². The zero-order chi connectivity index (χ0) is 16.9. The monoisotopic (exact) mass is 323 g/mol. The van der Waals surface area contributed by atoms with Gasteiger partial charge in [0.2, 0.25) is 0 Å². The Labute approximate surface area is 143 Å². The second kappa shape index (κ2) is 7.34. The Kier molecular flexibility index (Phi) is 4.99. The molecule has 126 valence electrons. The normalized spacial score (nSPS) is 14.2. The lowest BCUT2D eigenvalue weighted by Gasteiger charge is -2.22. The molecule has 1 aliphatic heterocycles. The topological polar surface area (TPSA) is 46.0 Å². The van der Waals surface area contributed by atoms with Crippen molar-refractivity contribution in [2.75, 3.05) is 18.4 Å². The van der Waals surface area contributed by atoms with Crippen LogP contribution in [0.2, 0.25) is 0 Å². The van der Waals surface area contributed by atoms with E-state index in [9.17, 15) is 0 Å². The third kappa shape index (κ3) is 3.85. The first kappa shape index (κ1) is 16.3. The van der Waals surface area contributed by atoms with Crippen LogP contribution >= 0.6 is 0 Å². The van der Waals surface area contributed by atoms with Crippen molar-refractivity contribution in [1.82, 2.24) is 19.7 Å². The summed E-state index contributed by atoms with van der Waals surface area (Å²) in [7, 11) is 0. The van der Waals surface area contributed by atoms with Gasteiger partial charge in [-0.05, 0) is 38.5 Å². The quantitative estimate of drug-likeness (QED) is 0.877. The smallest absolute Gasteiger partial charge is 0.126 e. The van der Waals surface area contributed by atoms with Crippen molar-refractivity contribution < 1.29 is 0 Å². The van der Waals surface area contributed by atoms with Crippen LogP contribution in [-0.4, -0.2) is 38.8 Å². The molecule has 0 atom stereocenters. The molecule has 3 rings (SSSR count). The fraction of sp³-hybridized carbons (Fsp3) is 0.368. The molecule has 0 radical (unpaired) electrons. The van der Waals surface area contributed by atoms with Crippen molar-refractivity contribution in [2.45, 2.75) is 33.2 Å². The molecule has 0 saturated carbocycles. The Morgan fingerprint density at radius 2 is 2.08 bits per heavy atom. The van der Waals surface area contributed by atoms with Crippen LogP contribution in [0.4, 0.5) is 5.82 Å². The Balaban J connectivity index is 1.77. The fourth-order valence-electron chi connectivity index (χ4n) is 2.73. The van der Waals surface area contributed by atoms with Crippen LogP contribution in [0.25, 0.3) is 16.8 Å². The second-order valence-electron chi connectivity index (χ2n) is 6.36. The van der Waals surface area contributed by atoms with E-state index in [0.717, 1.165) is 42.2 Å². The van der Waals surface area contributed by atoms with Crippen LogP contribution in [0.15, 0.2) is 49.1 Å². The van der Waals surface area contributed by atoms with Crippen molar-refractivity contribution in [2.24, 2.45) is 0 Å². The van der Waals surface area contributed by atoms with Gasteiger partial charge in [-0.15, -0.1) is 0 Å². The molecule has 0 unspecified atom stereocenters. The van der Waals surface area contributed by atoms with E-state index in [1.165, 1.54) is 0 Å². The highest BCUT2D eigenvalue weighted by Gasteiger charge is 2.09. The van der Waals surface area contributed by atoms with Crippen molar-refractivity contribution >= 4 is 11.5 Å². The van der Waals surface area contributed by atoms with Gasteiger partial charge in [0.25, 0.3) is 0 Å². The van der Waals surface area contributed by atoms with E-state index in [0.29, 0.717) is 6.04 Å². The summed E-state index contributed by atoms with van der Waals surface area (Å²) in [4.78, 5) is 6.78. The predicted molar refractivity (Wildman–Crippen MR) is 99.5 cm³/mol. The summed E-state index contributed by atoms with van der Waals surface area (Å²) in [6.07, 6.45) is 13.5. The number of anilines is 1. The summed E-state index contributed by atoms with van der Waals surface area (Å²) in [5.41, 5.74) is 3.23. The molecule has 0 amide bonds. The standard InChI is InChI=1S/C19H25N5/c1-4-9-23-10-5-6-18(14-23)24-13-17(12-21-24)16-7-8-19(20-11-16)22-15(2)3/h5-8,11-15H,4,9-10H2,1-3H3,(H,20,22). The predicted octanol–water partition coefficient (Wildman–Crippen LogP) is 3.85. The minimum absolute atomic E-state index is 0.377. The number of nitrogens with zero attached hydrogens (tertiary/aromatic N) is 4. The molecule has 0 aliphatic carbocycles. The molecule has 3 heterocycles. The Hall–Kier alpha value is -2.56. The number of pyridine rings is 1. The molecule has 1 aliphatic rings. The van der Waals surface area contributed by atoms with Gasteiger partial charge in [-0.2, -0.15) is 5.10 Å². The van der Waals surface area contributed by atoms with Gasteiger partial charge in [0, 0.05) is 48.9 Å². The molecule has 0 aromatic carbocycles. The van der Waals surface area contributed by atoms with Gasteiger partial charge in [0.15, 0.2) is 0 Å². The lowest BCUT2D eigenvalue weighted by molar-refractivity contribution is 0.410. The summed E-state index contributed by atoms with van der Waals surface area (Å²) in [6.45, 7) is 8.44. The van der Waals surface area contributed by atoms with E-state index in [4.69, 9.17) is 0 Å². The minimum Gasteiger partial charge on any atom is -0.372 e. The van der Waals surface area contributed by atoms with Gasteiger partial charge < -0.3 is 10.2 Å². The molecular formula is C19H25N5. The van der Waals surface area contributed by atoms with Crippen molar-refractivity contribution in [3.63, 3.8) is 0 Å². The first-order chi connectivity index (χ1) is 11.7. The minimum atomic E-state index is 0.377. The number of allylic oxidation sites excluding steroid dienone is 2. The van der Waals surface area contributed by atoms with Crippen molar-refractivity contribution in [3.8, 4) is 11.1 Å². The molecule has 5 nitrogen and oxygen atoms in total. The average Bonchev–Trinajstić information content (AvgIpc) is 3.06. The zero-order valence-electron chi connectivity index (χ0n) is 14.6. The summed E-state index contributed by atoms with van der Waals surface area (Å²) in [5.74, 6) is 0.897. The van der Waals surface area contributed by atoms with Gasteiger partial charge in [-0.3, -0.25) is 0 Å². The van der Waals surface area contributed by atoms with Gasteiger partial charge in [0.05, 0.1) is 11.9 Å². The Morgan fingerprint density at radius 1 is 1.21 bits per heavy atom. The lowest BCUT2D eigenvalue weighted by atomic mass is 10.1. The van der Waals surface area contributed by atoms with E-state index in [1.807, 2.05) is 23.1 Å². The van der Waals surface area contributed by atoms with E-state index in [1.54, 1.807) is 0 Å². The molecule has 2 aromatic heterocycles. The fourth-order valence-corrected chi connectivity index (χ4v) is 2.73. The maximum atomic E-state index is 4.51. The summed E-state index contributed by atoms with van der Waals surface area (Å²) >= 11 is 0. The van der Waals surface area contributed by atoms with Crippen LogP contribution in [0.1, 0.15) is 27.2 Å². The van der Waals surface area contributed by atoms with Crippen LogP contribution in [0, 0.1) is 0 Å². The van der Waals surface area contributed by atoms with Gasteiger partial charge in [-0.25, -0.2) is 9.67 Å². The SMILES string of the molecule is CCCN1C=C(n2cc(-c3ccc(NC(C)C)nc3)cn2)C=CC1. The van der Waals surface area contributed by atoms with Gasteiger partial charge >= 0.3 is 0 Å². The number of rotatable bonds is 6. The van der Waals surface area contributed by atoms with Crippen molar-refractivity contribution in [3.05, 3.63) is 49.1 Å².